The van der Waals surface area contributed by atoms with Crippen LogP contribution in [0.1, 0.15) is 25.7 Å². The Morgan fingerprint density at radius 3 is 2.57 bits per heavy atom. The van der Waals surface area contributed by atoms with Gasteiger partial charge in [0.05, 0.1) is 6.42 Å². The number of carboxylic acids is 2. The first-order valence-corrected chi connectivity index (χ1v) is 7.21. The van der Waals surface area contributed by atoms with Crippen molar-refractivity contribution in [3.63, 3.8) is 0 Å². The quantitative estimate of drug-likeness (QED) is 0.663. The summed E-state index contributed by atoms with van der Waals surface area (Å²) in [5, 5.41) is 19.9. The predicted octanol–water partition coefficient (Wildman–Crippen LogP) is -0.206. The number of carbonyl (C=O) groups excluding carboxylic acids is 1. The van der Waals surface area contributed by atoms with Gasteiger partial charge in [-0.3, -0.25) is 9.69 Å². The summed E-state index contributed by atoms with van der Waals surface area (Å²) in [4.78, 5) is 37.7. The van der Waals surface area contributed by atoms with Crippen molar-refractivity contribution in [2.75, 3.05) is 26.2 Å². The molecular formula is C13H21N3O5. The van der Waals surface area contributed by atoms with Gasteiger partial charge in [0.25, 0.3) is 0 Å². The molecule has 2 atom stereocenters. The zero-order chi connectivity index (χ0) is 15.4. The highest BCUT2D eigenvalue weighted by molar-refractivity contribution is 5.86. The molecule has 2 amide bonds. The lowest BCUT2D eigenvalue weighted by Crippen LogP contribution is -2.59. The molecule has 2 fully saturated rings. The van der Waals surface area contributed by atoms with Crippen LogP contribution >= 0.6 is 0 Å². The van der Waals surface area contributed by atoms with Crippen molar-refractivity contribution < 1.29 is 24.6 Å². The molecule has 0 spiro atoms. The minimum atomic E-state index is -1.39. The summed E-state index contributed by atoms with van der Waals surface area (Å²) >= 11 is 0. The van der Waals surface area contributed by atoms with Gasteiger partial charge in [-0.1, -0.05) is 6.42 Å². The van der Waals surface area contributed by atoms with E-state index in [4.69, 9.17) is 10.2 Å². The standard InChI is InChI=1S/C13H21N3O5/c17-11(18)7-10(12(19)20)14-13(21)16-6-5-15-4-2-1-3-9(15)8-16/h9-10H,1-8H2,(H,14,21)(H,17,18)(H,19,20)/t9?,10-/m0/s1. The molecule has 2 rings (SSSR count). The molecule has 0 saturated carbocycles. The predicted molar refractivity (Wildman–Crippen MR) is 73.0 cm³/mol. The largest absolute Gasteiger partial charge is 0.481 e. The third-order valence-electron chi connectivity index (χ3n) is 4.10. The number of piperazine rings is 1. The summed E-state index contributed by atoms with van der Waals surface area (Å²) in [6, 6.07) is -1.55. The van der Waals surface area contributed by atoms with Crippen molar-refractivity contribution in [1.29, 1.82) is 0 Å². The Labute approximate surface area is 122 Å². The molecule has 2 aliphatic heterocycles. The van der Waals surface area contributed by atoms with E-state index in [1.54, 1.807) is 4.90 Å². The van der Waals surface area contributed by atoms with Crippen molar-refractivity contribution >= 4 is 18.0 Å². The molecule has 3 N–H and O–H groups in total. The molecule has 2 heterocycles. The smallest absolute Gasteiger partial charge is 0.326 e. The second kappa shape index (κ2) is 6.75. The van der Waals surface area contributed by atoms with Crippen molar-refractivity contribution in [2.45, 2.75) is 37.8 Å². The van der Waals surface area contributed by atoms with E-state index in [0.717, 1.165) is 25.9 Å². The molecule has 118 valence electrons. The molecule has 0 aromatic heterocycles. The molecule has 0 aromatic rings. The minimum absolute atomic E-state index is 0.334. The number of fused-ring (bicyclic) bond motifs is 1. The van der Waals surface area contributed by atoms with Crippen LogP contribution in [0.5, 0.6) is 0 Å². The Balaban J connectivity index is 1.90. The zero-order valence-electron chi connectivity index (χ0n) is 11.8. The van der Waals surface area contributed by atoms with E-state index < -0.39 is 30.4 Å². The first kappa shape index (κ1) is 15.6. The van der Waals surface area contributed by atoms with Crippen LogP contribution in [0.2, 0.25) is 0 Å². The molecular weight excluding hydrogens is 278 g/mol. The van der Waals surface area contributed by atoms with Crippen LogP contribution < -0.4 is 5.32 Å². The van der Waals surface area contributed by atoms with Crippen LogP contribution in [0.4, 0.5) is 4.79 Å². The Bertz CT molecular complexity index is 428. The van der Waals surface area contributed by atoms with Crippen LogP contribution in [-0.4, -0.2) is 76.2 Å². The number of carboxylic acid groups (broad SMARTS) is 2. The van der Waals surface area contributed by atoms with E-state index in [-0.39, 0.29) is 0 Å². The summed E-state index contributed by atoms with van der Waals surface area (Å²) in [5.74, 6) is -2.58. The number of hydrogen-bond acceptors (Lipinski definition) is 4. The molecule has 1 unspecified atom stereocenters. The summed E-state index contributed by atoms with van der Waals surface area (Å²) in [5.41, 5.74) is 0. The molecule has 0 bridgehead atoms. The number of nitrogens with zero attached hydrogens (tertiary/aromatic N) is 2. The SMILES string of the molecule is O=C(O)C[C@H](NC(=O)N1CCN2CCCCC2C1)C(=O)O. The topological polar surface area (TPSA) is 110 Å². The van der Waals surface area contributed by atoms with Crippen LogP contribution in [0.25, 0.3) is 0 Å². The number of hydrogen-bond donors (Lipinski definition) is 3. The Morgan fingerprint density at radius 1 is 1.14 bits per heavy atom. The van der Waals surface area contributed by atoms with Gasteiger partial charge in [0.2, 0.25) is 0 Å². The van der Waals surface area contributed by atoms with Gasteiger partial charge in [0.1, 0.15) is 6.04 Å². The maximum Gasteiger partial charge on any atom is 0.326 e. The number of aliphatic carboxylic acids is 2. The molecule has 8 heteroatoms. The maximum atomic E-state index is 12.1. The normalized spacial score (nSPS) is 24.0. The van der Waals surface area contributed by atoms with E-state index >= 15 is 0 Å². The molecule has 0 aromatic carbocycles. The summed E-state index contributed by atoms with van der Waals surface area (Å²) in [6.45, 7) is 2.96. The van der Waals surface area contributed by atoms with Gasteiger partial charge in [-0.05, 0) is 19.4 Å². The Kier molecular flexibility index (Phi) is 5.00. The van der Waals surface area contributed by atoms with Crippen molar-refractivity contribution in [3.05, 3.63) is 0 Å². The van der Waals surface area contributed by atoms with E-state index in [1.165, 1.54) is 6.42 Å². The summed E-state index contributed by atoms with van der Waals surface area (Å²) < 4.78 is 0. The van der Waals surface area contributed by atoms with Gasteiger partial charge in [0.15, 0.2) is 0 Å². The van der Waals surface area contributed by atoms with Crippen LogP contribution in [-0.2, 0) is 9.59 Å². The molecule has 0 radical (unpaired) electrons. The number of piperidine rings is 1. The van der Waals surface area contributed by atoms with Gasteiger partial charge < -0.3 is 20.4 Å². The highest BCUT2D eigenvalue weighted by atomic mass is 16.4. The maximum absolute atomic E-state index is 12.1. The van der Waals surface area contributed by atoms with Gasteiger partial charge in [-0.2, -0.15) is 0 Å². The lowest BCUT2D eigenvalue weighted by atomic mass is 10.00. The van der Waals surface area contributed by atoms with E-state index in [9.17, 15) is 14.4 Å². The van der Waals surface area contributed by atoms with Crippen LogP contribution in [0, 0.1) is 0 Å². The summed E-state index contributed by atoms with van der Waals surface area (Å²) in [6.07, 6.45) is 2.75. The third kappa shape index (κ3) is 4.07. The fourth-order valence-corrected chi connectivity index (χ4v) is 2.96. The zero-order valence-corrected chi connectivity index (χ0v) is 11.8. The van der Waals surface area contributed by atoms with Crippen molar-refractivity contribution in [1.82, 2.24) is 15.1 Å². The lowest BCUT2D eigenvalue weighted by molar-refractivity contribution is -0.145. The number of rotatable bonds is 4. The minimum Gasteiger partial charge on any atom is -0.481 e. The molecule has 0 aliphatic carbocycles. The van der Waals surface area contributed by atoms with E-state index in [2.05, 4.69) is 10.2 Å². The van der Waals surface area contributed by atoms with Gasteiger partial charge >= 0.3 is 18.0 Å². The van der Waals surface area contributed by atoms with Gasteiger partial charge in [0, 0.05) is 25.7 Å². The van der Waals surface area contributed by atoms with E-state index in [1.807, 2.05) is 0 Å². The van der Waals surface area contributed by atoms with Crippen molar-refractivity contribution in [3.8, 4) is 0 Å². The summed E-state index contributed by atoms with van der Waals surface area (Å²) in [7, 11) is 0. The molecule has 8 nitrogen and oxygen atoms in total. The Morgan fingerprint density at radius 2 is 1.90 bits per heavy atom. The monoisotopic (exact) mass is 299 g/mol. The highest BCUT2D eigenvalue weighted by Gasteiger charge is 2.32. The average Bonchev–Trinajstić information content (AvgIpc) is 2.45. The third-order valence-corrected chi connectivity index (χ3v) is 4.10. The molecule has 21 heavy (non-hydrogen) atoms. The van der Waals surface area contributed by atoms with Crippen LogP contribution in [0.15, 0.2) is 0 Å². The van der Waals surface area contributed by atoms with Gasteiger partial charge in [-0.25, -0.2) is 9.59 Å². The number of nitrogens with one attached hydrogen (secondary N) is 1. The number of amides is 2. The second-order valence-electron chi connectivity index (χ2n) is 5.57. The molecule has 2 aliphatic rings. The fraction of sp³-hybridized carbons (Fsp3) is 0.769. The van der Waals surface area contributed by atoms with Gasteiger partial charge in [-0.15, -0.1) is 0 Å². The van der Waals surface area contributed by atoms with E-state index in [0.29, 0.717) is 19.1 Å². The first-order chi connectivity index (χ1) is 9.97. The van der Waals surface area contributed by atoms with Crippen LogP contribution in [0.3, 0.4) is 0 Å². The average molecular weight is 299 g/mol. The fourth-order valence-electron chi connectivity index (χ4n) is 2.96. The Hall–Kier alpha value is -1.83. The number of carbonyl (C=O) groups is 3. The highest BCUT2D eigenvalue weighted by Crippen LogP contribution is 2.21. The second-order valence-corrected chi connectivity index (χ2v) is 5.57. The van der Waals surface area contributed by atoms with Crippen molar-refractivity contribution in [2.24, 2.45) is 0 Å². The first-order valence-electron chi connectivity index (χ1n) is 7.21. The molecule has 2 saturated heterocycles. The number of urea groups is 1. The lowest BCUT2D eigenvalue weighted by Gasteiger charge is -2.44.